The van der Waals surface area contributed by atoms with Gasteiger partial charge >= 0.3 is 0 Å². The highest BCUT2D eigenvalue weighted by atomic mass is 16.2. The van der Waals surface area contributed by atoms with E-state index in [9.17, 15) is 14.4 Å². The van der Waals surface area contributed by atoms with Crippen molar-refractivity contribution in [2.45, 2.75) is 18.3 Å². The van der Waals surface area contributed by atoms with Crippen LogP contribution in [0.2, 0.25) is 0 Å². The molecule has 39 heavy (non-hydrogen) atoms. The van der Waals surface area contributed by atoms with Crippen LogP contribution in [0.4, 0.5) is 5.69 Å². The highest BCUT2D eigenvalue weighted by molar-refractivity contribution is 6.25. The number of pyridine rings is 1. The van der Waals surface area contributed by atoms with E-state index in [1.54, 1.807) is 30.7 Å². The SMILES string of the molecule is Cc1ccccc1N1C(=O)[C@H]2C3c4ccccc4C(/C=N\NC(=O)c4ccncc4)(c4ccccc43)[C@H]2C1=O. The Bertz CT molecular complexity index is 1650. The topological polar surface area (TPSA) is 91.7 Å². The van der Waals surface area contributed by atoms with Crippen LogP contribution in [0.5, 0.6) is 0 Å². The number of aromatic nitrogens is 1. The van der Waals surface area contributed by atoms with Crippen molar-refractivity contribution < 1.29 is 14.4 Å². The molecule has 3 aromatic carbocycles. The van der Waals surface area contributed by atoms with Crippen molar-refractivity contribution in [1.82, 2.24) is 10.4 Å². The van der Waals surface area contributed by atoms with E-state index >= 15 is 0 Å². The molecule has 4 aromatic rings. The summed E-state index contributed by atoms with van der Waals surface area (Å²) in [5.41, 5.74) is 7.37. The van der Waals surface area contributed by atoms with Gasteiger partial charge in [-0.2, -0.15) is 5.10 Å². The van der Waals surface area contributed by atoms with E-state index < -0.39 is 17.3 Å². The van der Waals surface area contributed by atoms with Crippen molar-refractivity contribution in [3.8, 4) is 0 Å². The lowest BCUT2D eigenvalue weighted by Gasteiger charge is -2.52. The normalized spacial score (nSPS) is 24.4. The van der Waals surface area contributed by atoms with Gasteiger partial charge in [0.2, 0.25) is 11.8 Å². The number of rotatable bonds is 4. The Hall–Kier alpha value is -4.91. The number of hydrogen-bond acceptors (Lipinski definition) is 5. The number of nitrogens with one attached hydrogen (secondary N) is 1. The molecule has 1 aliphatic heterocycles. The molecule has 4 aliphatic rings. The van der Waals surface area contributed by atoms with Gasteiger partial charge in [0.1, 0.15) is 0 Å². The summed E-state index contributed by atoms with van der Waals surface area (Å²) >= 11 is 0. The fraction of sp³-hybridized carbons (Fsp3) is 0.156. The lowest BCUT2D eigenvalue weighted by Crippen LogP contribution is -2.54. The van der Waals surface area contributed by atoms with E-state index in [1.807, 2.05) is 79.7 Å². The highest BCUT2D eigenvalue weighted by Gasteiger charge is 2.68. The van der Waals surface area contributed by atoms with Gasteiger partial charge in [-0.3, -0.25) is 19.4 Å². The van der Waals surface area contributed by atoms with E-state index in [0.717, 1.165) is 27.8 Å². The van der Waals surface area contributed by atoms with Gasteiger partial charge < -0.3 is 0 Å². The summed E-state index contributed by atoms with van der Waals surface area (Å²) in [7, 11) is 0. The van der Waals surface area contributed by atoms with E-state index in [0.29, 0.717) is 11.3 Å². The van der Waals surface area contributed by atoms with Gasteiger partial charge in [0.05, 0.1) is 22.9 Å². The van der Waals surface area contributed by atoms with Crippen LogP contribution in [0.25, 0.3) is 0 Å². The number of para-hydroxylation sites is 1. The van der Waals surface area contributed by atoms with E-state index in [-0.39, 0.29) is 23.6 Å². The molecule has 7 heteroatoms. The molecule has 1 fully saturated rings. The van der Waals surface area contributed by atoms with Crippen molar-refractivity contribution in [2.75, 3.05) is 4.90 Å². The molecule has 190 valence electrons. The number of aryl methyl sites for hydroxylation is 1. The smallest absolute Gasteiger partial charge is 0.271 e. The molecule has 2 heterocycles. The Morgan fingerprint density at radius 2 is 1.49 bits per heavy atom. The third kappa shape index (κ3) is 3.13. The van der Waals surface area contributed by atoms with Crippen molar-refractivity contribution in [3.63, 3.8) is 0 Å². The van der Waals surface area contributed by atoms with Gasteiger partial charge in [-0.15, -0.1) is 0 Å². The number of nitrogens with zero attached hydrogens (tertiary/aromatic N) is 3. The number of imide groups is 1. The molecule has 0 unspecified atom stereocenters. The van der Waals surface area contributed by atoms with E-state index in [2.05, 4.69) is 15.5 Å². The Morgan fingerprint density at radius 1 is 0.872 bits per heavy atom. The molecule has 8 rings (SSSR count). The van der Waals surface area contributed by atoms with Crippen LogP contribution in [0.1, 0.15) is 44.1 Å². The summed E-state index contributed by atoms with van der Waals surface area (Å²) in [5.74, 6) is -2.39. The molecule has 3 aliphatic carbocycles. The predicted molar refractivity (Wildman–Crippen MR) is 146 cm³/mol. The Kier molecular flexibility index (Phi) is 5.10. The summed E-state index contributed by atoms with van der Waals surface area (Å²) < 4.78 is 0. The quantitative estimate of drug-likeness (QED) is 0.250. The number of carbonyl (C=O) groups is 3. The average molecular weight is 513 g/mol. The van der Waals surface area contributed by atoms with Crippen molar-refractivity contribution in [1.29, 1.82) is 0 Å². The highest BCUT2D eigenvalue weighted by Crippen LogP contribution is 2.63. The third-order valence-corrected chi connectivity index (χ3v) is 8.42. The zero-order valence-electron chi connectivity index (χ0n) is 21.1. The van der Waals surface area contributed by atoms with Crippen LogP contribution >= 0.6 is 0 Å². The summed E-state index contributed by atoms with van der Waals surface area (Å²) in [6.45, 7) is 1.90. The maximum Gasteiger partial charge on any atom is 0.271 e. The maximum atomic E-state index is 14.4. The van der Waals surface area contributed by atoms with Crippen LogP contribution < -0.4 is 10.3 Å². The van der Waals surface area contributed by atoms with Gasteiger partial charge in [0.25, 0.3) is 5.91 Å². The Balaban J connectivity index is 1.43. The summed E-state index contributed by atoms with van der Waals surface area (Å²) in [5, 5.41) is 4.44. The first-order chi connectivity index (χ1) is 19.0. The lowest BCUT2D eigenvalue weighted by atomic mass is 9.47. The van der Waals surface area contributed by atoms with Gasteiger partial charge in [0, 0.05) is 30.1 Å². The van der Waals surface area contributed by atoms with E-state index in [4.69, 9.17) is 0 Å². The molecule has 1 N–H and O–H groups in total. The first kappa shape index (κ1) is 23.2. The van der Waals surface area contributed by atoms with Crippen LogP contribution in [0.3, 0.4) is 0 Å². The molecule has 2 atom stereocenters. The fourth-order valence-corrected chi connectivity index (χ4v) is 6.86. The lowest BCUT2D eigenvalue weighted by molar-refractivity contribution is -0.122. The second-order valence-corrected chi connectivity index (χ2v) is 10.3. The maximum absolute atomic E-state index is 14.4. The predicted octanol–water partition coefficient (Wildman–Crippen LogP) is 4.36. The number of anilines is 1. The molecule has 2 bridgehead atoms. The summed E-state index contributed by atoms with van der Waals surface area (Å²) in [6, 6.07) is 26.6. The summed E-state index contributed by atoms with van der Waals surface area (Å²) in [4.78, 5) is 46.7. The third-order valence-electron chi connectivity index (χ3n) is 8.42. The molecule has 7 nitrogen and oxygen atoms in total. The average Bonchev–Trinajstić information content (AvgIpc) is 3.24. The molecule has 0 radical (unpaired) electrons. The molecular formula is C32H24N4O3. The van der Waals surface area contributed by atoms with Crippen molar-refractivity contribution in [2.24, 2.45) is 16.9 Å². The molecule has 0 saturated carbocycles. The Labute approximate surface area is 225 Å². The number of benzene rings is 3. The van der Waals surface area contributed by atoms with Gasteiger partial charge in [-0.1, -0.05) is 66.7 Å². The molecule has 0 spiro atoms. The van der Waals surface area contributed by atoms with Crippen LogP contribution in [-0.4, -0.2) is 28.9 Å². The number of hydrogen-bond donors (Lipinski definition) is 1. The molecular weight excluding hydrogens is 488 g/mol. The molecule has 1 aromatic heterocycles. The van der Waals surface area contributed by atoms with E-state index in [1.165, 1.54) is 4.90 Å². The first-order valence-corrected chi connectivity index (χ1v) is 12.9. The van der Waals surface area contributed by atoms with Crippen LogP contribution in [0.15, 0.2) is 102 Å². The minimum absolute atomic E-state index is 0.202. The number of amides is 3. The van der Waals surface area contributed by atoms with Gasteiger partial charge in [-0.05, 0) is 52.9 Å². The van der Waals surface area contributed by atoms with Crippen LogP contribution in [0, 0.1) is 18.8 Å². The fourth-order valence-electron chi connectivity index (χ4n) is 6.86. The second kappa shape index (κ2) is 8.56. The summed E-state index contributed by atoms with van der Waals surface area (Å²) in [6.07, 6.45) is 4.75. The number of hydrazone groups is 1. The van der Waals surface area contributed by atoms with Crippen molar-refractivity contribution in [3.05, 3.63) is 131 Å². The standard InChI is InChI=1S/C32H24N4O3/c1-19-8-2-7-13-25(19)36-30(38)27-26-21-9-3-5-11-23(21)32(28(27)31(36)39,24-12-6-4-10-22(24)26)18-34-35-29(37)20-14-16-33-17-15-20/h2-18,26-28H,1H3,(H,35,37)/b34-18-/t26?,27-,28+,32?/m0/s1. The minimum Gasteiger partial charge on any atom is -0.274 e. The van der Waals surface area contributed by atoms with Crippen molar-refractivity contribution >= 4 is 29.6 Å². The second-order valence-electron chi connectivity index (χ2n) is 10.3. The van der Waals surface area contributed by atoms with Gasteiger partial charge in [0.15, 0.2) is 0 Å². The van der Waals surface area contributed by atoms with Gasteiger partial charge in [-0.25, -0.2) is 10.3 Å². The van der Waals surface area contributed by atoms with Crippen LogP contribution in [-0.2, 0) is 15.0 Å². The zero-order valence-corrected chi connectivity index (χ0v) is 21.1. The largest absolute Gasteiger partial charge is 0.274 e. The minimum atomic E-state index is -1.04. The molecule has 1 saturated heterocycles. The monoisotopic (exact) mass is 512 g/mol. The molecule has 3 amide bonds. The zero-order chi connectivity index (χ0) is 26.7. The Morgan fingerprint density at radius 3 is 2.15 bits per heavy atom. The first-order valence-electron chi connectivity index (χ1n) is 12.9. The number of carbonyl (C=O) groups excluding carboxylic acids is 3.